The molecule has 0 amide bonds. The molecule has 0 spiro atoms. The van der Waals surface area contributed by atoms with E-state index in [9.17, 15) is 4.57 Å². The molecule has 11 nitrogen and oxygen atoms in total. The maximum atomic E-state index is 13.7. The Morgan fingerprint density at radius 3 is 2.37 bits per heavy atom. The first-order valence-corrected chi connectivity index (χ1v) is 17.5. The molecule has 14 heteroatoms. The molecule has 5 rings (SSSR count). The van der Waals surface area contributed by atoms with Gasteiger partial charge in [-0.25, -0.2) is 4.68 Å². The van der Waals surface area contributed by atoms with E-state index in [1.54, 1.807) is 10.9 Å². The normalized spacial score (nSPS) is 27.1. The van der Waals surface area contributed by atoms with Crippen molar-refractivity contribution in [2.75, 3.05) is 16.6 Å². The molecular weight excluding hydrogens is 589 g/mol. The lowest BCUT2D eigenvalue weighted by Crippen LogP contribution is -2.31. The Labute approximate surface area is 251 Å². The lowest BCUT2D eigenvalue weighted by atomic mass is 10.1. The SMILES string of the molecule is CC(C)(C)OP(=O)(CSC[C@H]1O[C@@H](n2ncc3c(NC4CCCC4)nc(Cl)nc32)[C@@H]2OC(C)(C)O[C@@H]21)OC(C)(C)C. The van der Waals surface area contributed by atoms with E-state index in [4.69, 9.17) is 34.9 Å². The van der Waals surface area contributed by atoms with Crippen LogP contribution < -0.4 is 5.32 Å². The van der Waals surface area contributed by atoms with Crippen LogP contribution in [0.5, 0.6) is 0 Å². The molecule has 4 atom stereocenters. The predicted octanol–water partition coefficient (Wildman–Crippen LogP) is 6.77. The summed E-state index contributed by atoms with van der Waals surface area (Å²) in [5, 5.41) is 9.10. The number of rotatable bonds is 9. The molecule has 2 aromatic rings. The van der Waals surface area contributed by atoms with Crippen LogP contribution >= 0.6 is 31.0 Å². The Morgan fingerprint density at radius 1 is 1.10 bits per heavy atom. The van der Waals surface area contributed by atoms with Crippen molar-refractivity contribution in [1.82, 2.24) is 19.7 Å². The summed E-state index contributed by atoms with van der Waals surface area (Å²) in [6, 6.07) is 0.355. The molecule has 4 heterocycles. The fourth-order valence-corrected chi connectivity index (χ4v) is 9.74. The van der Waals surface area contributed by atoms with Crippen LogP contribution in [0.3, 0.4) is 0 Å². The zero-order valence-corrected chi connectivity index (χ0v) is 27.6. The minimum absolute atomic E-state index is 0.138. The Bertz CT molecular complexity index is 1270. The molecule has 0 radical (unpaired) electrons. The number of hydrogen-bond acceptors (Lipinski definition) is 11. The fraction of sp³-hybridized carbons (Fsp3) is 0.815. The summed E-state index contributed by atoms with van der Waals surface area (Å²) in [4.78, 5) is 8.98. The molecule has 230 valence electrons. The molecule has 0 unspecified atom stereocenters. The number of ether oxygens (including phenoxy) is 3. The highest BCUT2D eigenvalue weighted by Gasteiger charge is 2.56. The van der Waals surface area contributed by atoms with E-state index in [1.165, 1.54) is 24.6 Å². The minimum Gasteiger partial charge on any atom is -0.367 e. The summed E-state index contributed by atoms with van der Waals surface area (Å²) in [6.45, 7) is 15.0. The van der Waals surface area contributed by atoms with Crippen molar-refractivity contribution < 1.29 is 27.8 Å². The van der Waals surface area contributed by atoms with Crippen molar-refractivity contribution >= 4 is 47.8 Å². The number of anilines is 1. The Hall–Kier alpha value is -0.980. The van der Waals surface area contributed by atoms with Crippen LogP contribution in [-0.4, -0.2) is 72.3 Å². The molecule has 1 aliphatic carbocycles. The quantitative estimate of drug-likeness (QED) is 0.233. The topological polar surface area (TPSA) is 119 Å². The second kappa shape index (κ2) is 11.5. The zero-order valence-electron chi connectivity index (χ0n) is 25.2. The zero-order chi connectivity index (χ0) is 29.8. The third-order valence-corrected chi connectivity index (χ3v) is 11.2. The van der Waals surface area contributed by atoms with Crippen LogP contribution in [0.25, 0.3) is 11.0 Å². The van der Waals surface area contributed by atoms with Gasteiger partial charge >= 0.3 is 7.60 Å². The summed E-state index contributed by atoms with van der Waals surface area (Å²) in [5.74, 6) is 0.369. The number of hydrogen-bond donors (Lipinski definition) is 1. The van der Waals surface area contributed by atoms with Crippen LogP contribution in [0.4, 0.5) is 5.82 Å². The average molecular weight is 632 g/mol. The van der Waals surface area contributed by atoms with Gasteiger partial charge in [-0.15, -0.1) is 11.8 Å². The molecule has 2 saturated heterocycles. The molecule has 0 aromatic carbocycles. The first kappa shape index (κ1) is 31.4. The minimum atomic E-state index is -3.41. The van der Waals surface area contributed by atoms with E-state index < -0.39 is 36.9 Å². The van der Waals surface area contributed by atoms with Crippen molar-refractivity contribution in [1.29, 1.82) is 0 Å². The van der Waals surface area contributed by atoms with Gasteiger partial charge in [0.1, 0.15) is 18.0 Å². The van der Waals surface area contributed by atoms with Crippen molar-refractivity contribution in [2.24, 2.45) is 0 Å². The molecular formula is C27H43ClN5O6PS. The van der Waals surface area contributed by atoms with E-state index in [1.807, 2.05) is 55.4 Å². The Kier molecular flexibility index (Phi) is 8.82. The number of fused-ring (bicyclic) bond motifs is 2. The summed E-state index contributed by atoms with van der Waals surface area (Å²) in [5.41, 5.74) is -0.498. The van der Waals surface area contributed by atoms with Crippen molar-refractivity contribution in [3.8, 4) is 0 Å². The average Bonchev–Trinajstić information content (AvgIpc) is 3.56. The van der Waals surface area contributed by atoms with Crippen LogP contribution in [0.2, 0.25) is 5.28 Å². The molecule has 3 aliphatic rings. The maximum Gasteiger partial charge on any atom is 0.341 e. The largest absolute Gasteiger partial charge is 0.367 e. The van der Waals surface area contributed by atoms with Gasteiger partial charge in [0.15, 0.2) is 17.7 Å². The summed E-state index contributed by atoms with van der Waals surface area (Å²) < 4.78 is 46.5. The lowest BCUT2D eigenvalue weighted by molar-refractivity contribution is -0.195. The van der Waals surface area contributed by atoms with Gasteiger partial charge in [0, 0.05) is 11.8 Å². The monoisotopic (exact) mass is 631 g/mol. The molecule has 41 heavy (non-hydrogen) atoms. The van der Waals surface area contributed by atoms with Gasteiger partial charge in [-0.1, -0.05) is 12.8 Å². The predicted molar refractivity (Wildman–Crippen MR) is 161 cm³/mol. The third-order valence-electron chi connectivity index (χ3n) is 6.85. The number of halogens is 1. The van der Waals surface area contributed by atoms with Crippen molar-refractivity contribution in [3.63, 3.8) is 0 Å². The second-order valence-corrected chi connectivity index (χ2v) is 17.1. The van der Waals surface area contributed by atoms with Crippen LogP contribution in [0.1, 0.15) is 87.3 Å². The van der Waals surface area contributed by atoms with E-state index >= 15 is 0 Å². The number of nitrogens with one attached hydrogen (secondary N) is 1. The van der Waals surface area contributed by atoms with Gasteiger partial charge in [-0.05, 0) is 79.8 Å². The van der Waals surface area contributed by atoms with Crippen LogP contribution in [-0.2, 0) is 27.8 Å². The van der Waals surface area contributed by atoms with Gasteiger partial charge in [-0.2, -0.15) is 15.1 Å². The van der Waals surface area contributed by atoms with E-state index in [0.29, 0.717) is 23.3 Å². The highest BCUT2D eigenvalue weighted by molar-refractivity contribution is 8.04. The Balaban J connectivity index is 1.36. The molecule has 1 N–H and O–H groups in total. The Morgan fingerprint density at radius 2 is 1.73 bits per heavy atom. The van der Waals surface area contributed by atoms with E-state index in [2.05, 4.69) is 20.4 Å². The number of thioether (sulfide) groups is 1. The highest BCUT2D eigenvalue weighted by Crippen LogP contribution is 2.57. The standard InChI is InChI=1S/C27H43ClN5O6PS/c1-25(2,3)38-40(34,39-26(4,5)6)15-41-14-18-19-20(37-27(7,8)36-19)23(35-18)33-22-17(13-29-33)21(31-24(28)32-22)30-16-11-9-10-12-16/h13,16,18-20,23H,9-12,14-15H2,1-8H3,(H,30,31,32)/t18-,19-,20-,23-/m1/s1. The van der Waals surface area contributed by atoms with Gasteiger partial charge in [-0.3, -0.25) is 4.57 Å². The molecule has 2 aromatic heterocycles. The van der Waals surface area contributed by atoms with Crippen molar-refractivity contribution in [2.45, 2.75) is 129 Å². The number of nitrogens with zero attached hydrogens (tertiary/aromatic N) is 4. The highest BCUT2D eigenvalue weighted by atomic mass is 35.5. The number of aromatic nitrogens is 4. The summed E-state index contributed by atoms with van der Waals surface area (Å²) in [7, 11) is -3.41. The summed E-state index contributed by atoms with van der Waals surface area (Å²) in [6.07, 6.45) is 4.59. The second-order valence-electron chi connectivity index (χ2n) is 13.4. The van der Waals surface area contributed by atoms with Gasteiger partial charge in [0.25, 0.3) is 0 Å². The molecule has 0 bridgehead atoms. The molecule has 2 aliphatic heterocycles. The molecule has 1 saturated carbocycles. The van der Waals surface area contributed by atoms with Gasteiger partial charge < -0.3 is 28.6 Å². The first-order chi connectivity index (χ1) is 19.0. The van der Waals surface area contributed by atoms with Gasteiger partial charge in [0.05, 0.1) is 34.4 Å². The van der Waals surface area contributed by atoms with E-state index in [0.717, 1.165) is 18.2 Å². The van der Waals surface area contributed by atoms with Crippen LogP contribution in [0, 0.1) is 0 Å². The van der Waals surface area contributed by atoms with Crippen LogP contribution in [0.15, 0.2) is 6.20 Å². The van der Waals surface area contributed by atoms with Crippen molar-refractivity contribution in [3.05, 3.63) is 11.5 Å². The van der Waals surface area contributed by atoms with Gasteiger partial charge in [0.2, 0.25) is 5.28 Å². The summed E-state index contributed by atoms with van der Waals surface area (Å²) >= 11 is 7.83. The smallest absolute Gasteiger partial charge is 0.341 e. The van der Waals surface area contributed by atoms with E-state index in [-0.39, 0.29) is 23.0 Å². The molecule has 3 fully saturated rings. The third kappa shape index (κ3) is 7.58. The first-order valence-electron chi connectivity index (χ1n) is 14.3. The maximum absolute atomic E-state index is 13.7. The fourth-order valence-electron chi connectivity index (χ4n) is 5.64. The lowest BCUT2D eigenvalue weighted by Gasteiger charge is -2.32.